The lowest BCUT2D eigenvalue weighted by molar-refractivity contribution is -0.433. The highest BCUT2D eigenvalue weighted by molar-refractivity contribution is 5.99. The van der Waals surface area contributed by atoms with Crippen LogP contribution in [0.2, 0.25) is 0 Å². The van der Waals surface area contributed by atoms with Crippen molar-refractivity contribution in [1.29, 1.82) is 0 Å². The van der Waals surface area contributed by atoms with Crippen LogP contribution in [0.4, 0.5) is 5.69 Å². The molecule has 0 bridgehead atoms. The van der Waals surface area contributed by atoms with Gasteiger partial charge in [0.1, 0.15) is 11.7 Å². The SMILES string of the molecule is CN(C)c1ccc([C@H]2C3=C(CCCC3=O)OC(N)=C2[N+](=O)[O-])cc1. The standard InChI is InChI=1S/C17H19N3O4/c1-19(2)11-8-6-10(7-9-11)14-15-12(21)4-3-5-13(15)24-17(18)16(14)20(22)23/h6-9,14H,3-5,18H2,1-2H3/t14-/m0/s1. The van der Waals surface area contributed by atoms with E-state index >= 15 is 0 Å². The van der Waals surface area contributed by atoms with Crippen LogP contribution < -0.4 is 10.6 Å². The second-order valence-corrected chi connectivity index (χ2v) is 6.14. The number of nitrogens with two attached hydrogens (primary N) is 1. The van der Waals surface area contributed by atoms with Crippen LogP contribution >= 0.6 is 0 Å². The van der Waals surface area contributed by atoms with E-state index in [1.54, 1.807) is 12.1 Å². The largest absolute Gasteiger partial charge is 0.440 e. The number of Topliss-reactive ketones (excluding diaryl/α,β-unsaturated/α-hetero) is 1. The third-order valence-corrected chi connectivity index (χ3v) is 4.40. The summed E-state index contributed by atoms with van der Waals surface area (Å²) in [5.74, 6) is -0.649. The number of carbonyl (C=O) groups excluding carboxylic acids is 1. The summed E-state index contributed by atoms with van der Waals surface area (Å²) < 4.78 is 5.41. The fourth-order valence-corrected chi connectivity index (χ4v) is 3.21. The Balaban J connectivity index is 2.14. The zero-order valence-corrected chi connectivity index (χ0v) is 13.6. The second kappa shape index (κ2) is 5.99. The molecular formula is C17H19N3O4. The number of nitrogens with zero attached hydrogens (tertiary/aromatic N) is 2. The minimum Gasteiger partial charge on any atom is -0.440 e. The first-order valence-electron chi connectivity index (χ1n) is 7.75. The van der Waals surface area contributed by atoms with Crippen molar-refractivity contribution < 1.29 is 14.5 Å². The van der Waals surface area contributed by atoms with Crippen molar-refractivity contribution in [3.8, 4) is 0 Å². The van der Waals surface area contributed by atoms with E-state index in [2.05, 4.69) is 0 Å². The molecule has 1 heterocycles. The fraction of sp³-hybridized carbons (Fsp3) is 0.353. The van der Waals surface area contributed by atoms with Crippen LogP contribution in [0.3, 0.4) is 0 Å². The van der Waals surface area contributed by atoms with Crippen LogP contribution in [-0.4, -0.2) is 24.8 Å². The van der Waals surface area contributed by atoms with E-state index in [4.69, 9.17) is 10.5 Å². The molecule has 7 heteroatoms. The molecule has 24 heavy (non-hydrogen) atoms. The molecule has 0 saturated carbocycles. The monoisotopic (exact) mass is 329 g/mol. The molecule has 0 spiro atoms. The van der Waals surface area contributed by atoms with E-state index < -0.39 is 10.8 Å². The molecule has 2 N–H and O–H groups in total. The molecule has 7 nitrogen and oxygen atoms in total. The Morgan fingerprint density at radius 1 is 1.25 bits per heavy atom. The lowest BCUT2D eigenvalue weighted by Crippen LogP contribution is -2.30. The lowest BCUT2D eigenvalue weighted by atomic mass is 9.79. The Hall–Kier alpha value is -2.83. The van der Waals surface area contributed by atoms with Crippen molar-refractivity contribution in [3.05, 3.63) is 62.9 Å². The molecule has 126 valence electrons. The number of hydrogen-bond donors (Lipinski definition) is 1. The van der Waals surface area contributed by atoms with Gasteiger partial charge in [0.15, 0.2) is 5.78 Å². The maximum absolute atomic E-state index is 12.4. The van der Waals surface area contributed by atoms with Crippen molar-refractivity contribution in [3.63, 3.8) is 0 Å². The fourth-order valence-electron chi connectivity index (χ4n) is 3.21. The zero-order valence-electron chi connectivity index (χ0n) is 13.6. The van der Waals surface area contributed by atoms with Gasteiger partial charge >= 0.3 is 5.70 Å². The minimum absolute atomic E-state index is 0.107. The average Bonchev–Trinajstić information content (AvgIpc) is 2.53. The maximum Gasteiger partial charge on any atom is 0.317 e. The summed E-state index contributed by atoms with van der Waals surface area (Å²) >= 11 is 0. The number of carbonyl (C=O) groups is 1. The van der Waals surface area contributed by atoms with Gasteiger partial charge in [0.25, 0.3) is 5.88 Å². The first-order chi connectivity index (χ1) is 11.4. The number of ketones is 1. The molecule has 1 aliphatic carbocycles. The van der Waals surface area contributed by atoms with Gasteiger partial charge in [0.2, 0.25) is 0 Å². The molecule has 0 amide bonds. The zero-order chi connectivity index (χ0) is 17.4. The molecule has 1 aliphatic heterocycles. The number of ether oxygens (including phenoxy) is 1. The summed E-state index contributed by atoms with van der Waals surface area (Å²) in [7, 11) is 3.82. The van der Waals surface area contributed by atoms with Crippen molar-refractivity contribution in [2.24, 2.45) is 5.73 Å². The quantitative estimate of drug-likeness (QED) is 0.675. The van der Waals surface area contributed by atoms with Crippen LogP contribution in [0.25, 0.3) is 0 Å². The first kappa shape index (κ1) is 16.0. The number of hydrogen-bond acceptors (Lipinski definition) is 6. The van der Waals surface area contributed by atoms with E-state index in [1.807, 2.05) is 31.1 Å². The van der Waals surface area contributed by atoms with Crippen LogP contribution in [0.5, 0.6) is 0 Å². The molecule has 3 rings (SSSR count). The summed E-state index contributed by atoms with van der Waals surface area (Å²) in [6.45, 7) is 0. The molecular weight excluding hydrogens is 310 g/mol. The molecule has 0 fully saturated rings. The summed E-state index contributed by atoms with van der Waals surface area (Å²) in [5, 5.41) is 11.6. The normalized spacial score (nSPS) is 20.6. The van der Waals surface area contributed by atoms with Gasteiger partial charge in [-0.25, -0.2) is 0 Å². The van der Waals surface area contributed by atoms with Crippen LogP contribution in [0, 0.1) is 10.1 Å². The van der Waals surface area contributed by atoms with Gasteiger partial charge in [0, 0.05) is 32.6 Å². The molecule has 1 atom stereocenters. The summed E-state index contributed by atoms with van der Waals surface area (Å²) in [5.41, 5.74) is 7.55. The van der Waals surface area contributed by atoms with E-state index in [9.17, 15) is 14.9 Å². The van der Waals surface area contributed by atoms with Crippen molar-refractivity contribution in [2.75, 3.05) is 19.0 Å². The van der Waals surface area contributed by atoms with E-state index in [-0.39, 0.29) is 17.4 Å². The van der Waals surface area contributed by atoms with Crippen LogP contribution in [-0.2, 0) is 9.53 Å². The summed E-state index contributed by atoms with van der Waals surface area (Å²) in [4.78, 5) is 25.4. The van der Waals surface area contributed by atoms with Gasteiger partial charge in [-0.05, 0) is 24.1 Å². The van der Waals surface area contributed by atoms with Crippen molar-refractivity contribution in [2.45, 2.75) is 25.2 Å². The van der Waals surface area contributed by atoms with E-state index in [0.29, 0.717) is 36.2 Å². The summed E-state index contributed by atoms with van der Waals surface area (Å²) in [6.07, 6.45) is 1.61. The Bertz CT molecular complexity index is 763. The molecule has 0 unspecified atom stereocenters. The topological polar surface area (TPSA) is 98.7 Å². The highest BCUT2D eigenvalue weighted by Gasteiger charge is 2.44. The Morgan fingerprint density at radius 3 is 2.50 bits per heavy atom. The van der Waals surface area contributed by atoms with Gasteiger partial charge < -0.3 is 15.4 Å². The number of allylic oxidation sites excluding steroid dienone is 2. The minimum atomic E-state index is -0.784. The van der Waals surface area contributed by atoms with E-state index in [1.165, 1.54) is 0 Å². The number of rotatable bonds is 3. The third-order valence-electron chi connectivity index (χ3n) is 4.40. The first-order valence-corrected chi connectivity index (χ1v) is 7.75. The third kappa shape index (κ3) is 2.62. The van der Waals surface area contributed by atoms with Gasteiger partial charge in [-0.3, -0.25) is 14.9 Å². The lowest BCUT2D eigenvalue weighted by Gasteiger charge is -2.29. The van der Waals surface area contributed by atoms with E-state index in [0.717, 1.165) is 5.69 Å². The Labute approximate surface area is 139 Å². The van der Waals surface area contributed by atoms with Crippen molar-refractivity contribution in [1.82, 2.24) is 0 Å². The molecule has 1 aromatic rings. The van der Waals surface area contributed by atoms with Gasteiger partial charge in [0.05, 0.1) is 10.5 Å². The smallest absolute Gasteiger partial charge is 0.317 e. The predicted octanol–water partition coefficient (Wildman–Crippen LogP) is 2.28. The van der Waals surface area contributed by atoms with Crippen LogP contribution in [0.15, 0.2) is 47.2 Å². The Morgan fingerprint density at radius 2 is 1.92 bits per heavy atom. The second-order valence-electron chi connectivity index (χ2n) is 6.14. The van der Waals surface area contributed by atoms with Gasteiger partial charge in [-0.15, -0.1) is 0 Å². The Kier molecular flexibility index (Phi) is 4.01. The highest BCUT2D eigenvalue weighted by atomic mass is 16.6. The highest BCUT2D eigenvalue weighted by Crippen LogP contribution is 2.43. The van der Waals surface area contributed by atoms with Crippen molar-refractivity contribution >= 4 is 11.5 Å². The predicted molar refractivity (Wildman–Crippen MR) is 88.7 cm³/mol. The molecule has 1 aromatic carbocycles. The van der Waals surface area contributed by atoms with Crippen LogP contribution in [0.1, 0.15) is 30.7 Å². The number of nitro groups is 1. The number of anilines is 1. The van der Waals surface area contributed by atoms with Gasteiger partial charge in [-0.2, -0.15) is 0 Å². The van der Waals surface area contributed by atoms with Gasteiger partial charge in [-0.1, -0.05) is 12.1 Å². The molecule has 2 aliphatic rings. The average molecular weight is 329 g/mol. The molecule has 0 saturated heterocycles. The maximum atomic E-state index is 12.4. The number of benzene rings is 1. The molecule has 0 aromatic heterocycles. The molecule has 0 radical (unpaired) electrons. The summed E-state index contributed by atoms with van der Waals surface area (Å²) in [6, 6.07) is 7.33.